The second-order valence-corrected chi connectivity index (χ2v) is 7.65. The van der Waals surface area contributed by atoms with Gasteiger partial charge in [0.25, 0.3) is 5.91 Å². The lowest BCUT2D eigenvalue weighted by Crippen LogP contribution is -2.52. The highest BCUT2D eigenvalue weighted by Gasteiger charge is 2.78. The molecular weight excluding hydrogens is 286 g/mol. The molecule has 3 nitrogen and oxygen atoms in total. The first kappa shape index (κ1) is 13.6. The van der Waals surface area contributed by atoms with Gasteiger partial charge < -0.3 is 10.1 Å². The van der Waals surface area contributed by atoms with Gasteiger partial charge in [-0.2, -0.15) is 0 Å². The van der Waals surface area contributed by atoms with Crippen molar-refractivity contribution in [2.45, 2.75) is 38.7 Å². The summed E-state index contributed by atoms with van der Waals surface area (Å²) in [7, 11) is 0. The van der Waals surface area contributed by atoms with Crippen LogP contribution >= 0.6 is 11.6 Å². The van der Waals surface area contributed by atoms with Crippen LogP contribution in [-0.2, 0) is 9.53 Å². The second-order valence-electron chi connectivity index (χ2n) is 7.24. The molecule has 1 aromatic rings. The van der Waals surface area contributed by atoms with E-state index in [9.17, 15) is 4.79 Å². The van der Waals surface area contributed by atoms with Crippen molar-refractivity contribution < 1.29 is 9.53 Å². The Hall–Kier alpha value is -1.06. The van der Waals surface area contributed by atoms with Crippen LogP contribution in [0.25, 0.3) is 0 Å². The summed E-state index contributed by atoms with van der Waals surface area (Å²) < 4.78 is 6.10. The van der Waals surface area contributed by atoms with Crippen molar-refractivity contribution in [2.75, 3.05) is 11.9 Å². The smallest absolute Gasteiger partial charge is 0.257 e. The molecule has 1 aromatic carbocycles. The minimum absolute atomic E-state index is 0.0241. The monoisotopic (exact) mass is 305 g/mol. The van der Waals surface area contributed by atoms with E-state index in [1.165, 1.54) is 6.42 Å². The Morgan fingerprint density at radius 3 is 2.81 bits per heavy atom. The van der Waals surface area contributed by atoms with Gasteiger partial charge in [0.15, 0.2) is 5.60 Å². The molecule has 21 heavy (non-hydrogen) atoms. The number of anilines is 1. The van der Waals surface area contributed by atoms with E-state index in [1.807, 2.05) is 18.2 Å². The SMILES string of the molecule is CC12COC3(C(=O)Nc4ccccc4Cl)CC1CCC32C. The molecule has 0 aromatic heterocycles. The van der Waals surface area contributed by atoms with E-state index >= 15 is 0 Å². The quantitative estimate of drug-likeness (QED) is 0.900. The first-order valence-corrected chi connectivity index (χ1v) is 8.01. The largest absolute Gasteiger partial charge is 0.364 e. The molecule has 112 valence electrons. The lowest BCUT2D eigenvalue weighted by molar-refractivity contribution is -0.149. The van der Waals surface area contributed by atoms with Crippen molar-refractivity contribution in [1.29, 1.82) is 0 Å². The Labute approximate surface area is 130 Å². The van der Waals surface area contributed by atoms with E-state index in [-0.39, 0.29) is 16.7 Å². The number of para-hydroxylation sites is 1. The van der Waals surface area contributed by atoms with Crippen LogP contribution < -0.4 is 5.32 Å². The summed E-state index contributed by atoms with van der Waals surface area (Å²) in [4.78, 5) is 13.0. The zero-order valence-corrected chi connectivity index (χ0v) is 13.2. The van der Waals surface area contributed by atoms with Crippen molar-refractivity contribution in [3.05, 3.63) is 29.3 Å². The molecule has 1 heterocycles. The van der Waals surface area contributed by atoms with Gasteiger partial charge in [-0.05, 0) is 37.3 Å². The standard InChI is InChI=1S/C17H20ClNO2/c1-15-10-21-17(9-11(15)7-8-16(15,17)2)14(20)19-13-6-4-3-5-12(13)18/h3-6,11H,7-10H2,1-2H3,(H,19,20). The molecule has 1 N–H and O–H groups in total. The van der Waals surface area contributed by atoms with E-state index in [2.05, 4.69) is 19.2 Å². The molecule has 3 fully saturated rings. The van der Waals surface area contributed by atoms with Crippen LogP contribution in [0.4, 0.5) is 5.69 Å². The van der Waals surface area contributed by atoms with Crippen molar-refractivity contribution >= 4 is 23.2 Å². The van der Waals surface area contributed by atoms with Crippen LogP contribution in [-0.4, -0.2) is 18.1 Å². The van der Waals surface area contributed by atoms with Crippen LogP contribution in [0.2, 0.25) is 5.02 Å². The number of benzene rings is 1. The number of rotatable bonds is 2. The first-order valence-electron chi connectivity index (χ1n) is 7.63. The van der Waals surface area contributed by atoms with Gasteiger partial charge in [-0.3, -0.25) is 4.79 Å². The Morgan fingerprint density at radius 2 is 2.14 bits per heavy atom. The molecule has 0 spiro atoms. The topological polar surface area (TPSA) is 38.3 Å². The summed E-state index contributed by atoms with van der Waals surface area (Å²) in [5.41, 5.74) is 0.0760. The molecule has 2 aliphatic carbocycles. The van der Waals surface area contributed by atoms with Crippen LogP contribution in [0.3, 0.4) is 0 Å². The van der Waals surface area contributed by atoms with Gasteiger partial charge in [-0.25, -0.2) is 0 Å². The predicted molar refractivity (Wildman–Crippen MR) is 82.3 cm³/mol. The van der Waals surface area contributed by atoms with Crippen LogP contribution in [0.5, 0.6) is 0 Å². The highest BCUT2D eigenvalue weighted by atomic mass is 35.5. The average molecular weight is 306 g/mol. The summed E-state index contributed by atoms with van der Waals surface area (Å²) in [6.07, 6.45) is 3.14. The van der Waals surface area contributed by atoms with E-state index in [1.54, 1.807) is 6.07 Å². The molecule has 1 amide bonds. The average Bonchev–Trinajstić information content (AvgIpc) is 2.93. The van der Waals surface area contributed by atoms with Gasteiger partial charge in [0.1, 0.15) is 0 Å². The number of halogens is 1. The predicted octanol–water partition coefficient (Wildman–Crippen LogP) is 3.87. The second kappa shape index (κ2) is 4.02. The summed E-state index contributed by atoms with van der Waals surface area (Å²) in [5, 5.41) is 3.57. The molecule has 4 rings (SSSR count). The third-order valence-corrected chi connectivity index (χ3v) is 7.02. The van der Waals surface area contributed by atoms with E-state index in [0.29, 0.717) is 23.2 Å². The van der Waals surface area contributed by atoms with Crippen molar-refractivity contribution in [3.63, 3.8) is 0 Å². The molecular formula is C17H20ClNO2. The van der Waals surface area contributed by atoms with Gasteiger partial charge >= 0.3 is 0 Å². The van der Waals surface area contributed by atoms with Crippen LogP contribution in [0.15, 0.2) is 24.3 Å². The van der Waals surface area contributed by atoms with E-state index < -0.39 is 5.60 Å². The van der Waals surface area contributed by atoms with Crippen molar-refractivity contribution in [2.24, 2.45) is 16.7 Å². The zero-order valence-electron chi connectivity index (χ0n) is 12.4. The number of hydrogen-bond acceptors (Lipinski definition) is 2. The van der Waals surface area contributed by atoms with Crippen molar-refractivity contribution in [3.8, 4) is 0 Å². The van der Waals surface area contributed by atoms with Gasteiger partial charge in [-0.15, -0.1) is 0 Å². The maximum absolute atomic E-state index is 13.0. The summed E-state index contributed by atoms with van der Waals surface area (Å²) in [6, 6.07) is 7.36. The Bertz CT molecular complexity index is 633. The number of carbonyl (C=O) groups excluding carboxylic acids is 1. The highest BCUT2D eigenvalue weighted by molar-refractivity contribution is 6.33. The lowest BCUT2D eigenvalue weighted by atomic mass is 9.66. The summed E-state index contributed by atoms with van der Waals surface area (Å²) in [6.45, 7) is 5.23. The summed E-state index contributed by atoms with van der Waals surface area (Å²) in [5.74, 6) is 0.581. The molecule has 2 saturated carbocycles. The number of hydrogen-bond donors (Lipinski definition) is 1. The molecule has 0 radical (unpaired) electrons. The fourth-order valence-corrected chi connectivity index (χ4v) is 5.23. The molecule has 3 aliphatic rings. The Balaban J connectivity index is 1.68. The first-order chi connectivity index (χ1) is 9.93. The van der Waals surface area contributed by atoms with Gasteiger partial charge in [-0.1, -0.05) is 37.6 Å². The third kappa shape index (κ3) is 1.42. The van der Waals surface area contributed by atoms with E-state index in [0.717, 1.165) is 12.8 Å². The maximum Gasteiger partial charge on any atom is 0.257 e. The maximum atomic E-state index is 13.0. The number of carbonyl (C=O) groups is 1. The van der Waals surface area contributed by atoms with Crippen molar-refractivity contribution in [1.82, 2.24) is 0 Å². The minimum atomic E-state index is -0.677. The molecule has 4 atom stereocenters. The van der Waals surface area contributed by atoms with Gasteiger partial charge in [0.2, 0.25) is 0 Å². The van der Waals surface area contributed by atoms with Gasteiger partial charge in [0, 0.05) is 10.8 Å². The number of nitrogens with one attached hydrogen (secondary N) is 1. The molecule has 4 bridgehead atoms. The minimum Gasteiger partial charge on any atom is -0.364 e. The fourth-order valence-electron chi connectivity index (χ4n) is 5.04. The van der Waals surface area contributed by atoms with Gasteiger partial charge in [0.05, 0.1) is 17.3 Å². The van der Waals surface area contributed by atoms with E-state index in [4.69, 9.17) is 16.3 Å². The number of ether oxygens (including phenoxy) is 1. The molecule has 4 unspecified atom stereocenters. The zero-order chi connectivity index (χ0) is 14.9. The highest BCUT2D eigenvalue weighted by Crippen LogP contribution is 2.75. The van der Waals surface area contributed by atoms with Crippen LogP contribution in [0.1, 0.15) is 33.1 Å². The molecule has 1 saturated heterocycles. The number of amides is 1. The molecule has 1 aliphatic heterocycles. The molecule has 4 heteroatoms. The summed E-state index contributed by atoms with van der Waals surface area (Å²) >= 11 is 6.16. The van der Waals surface area contributed by atoms with Crippen LogP contribution in [0, 0.1) is 16.7 Å². The normalized spacial score (nSPS) is 43.3. The Kier molecular flexibility index (Phi) is 2.60. The fraction of sp³-hybridized carbons (Fsp3) is 0.588. The Morgan fingerprint density at radius 1 is 1.38 bits per heavy atom. The lowest BCUT2D eigenvalue weighted by Gasteiger charge is -2.40. The third-order valence-electron chi connectivity index (χ3n) is 6.69.